The number of alkyl halides is 3. The Labute approximate surface area is 200 Å². The maximum atomic E-state index is 10.6. The molecule has 9 nitrogen and oxygen atoms in total. The first-order chi connectivity index (χ1) is 16.6. The van der Waals surface area contributed by atoms with Crippen LogP contribution < -0.4 is 20.5 Å². The Morgan fingerprint density at radius 2 is 1.83 bits per heavy atom. The van der Waals surface area contributed by atoms with Gasteiger partial charge < -0.3 is 25.6 Å². The van der Waals surface area contributed by atoms with Gasteiger partial charge in [-0.05, 0) is 63.8 Å². The predicted molar refractivity (Wildman–Crippen MR) is 123 cm³/mol. The van der Waals surface area contributed by atoms with Crippen molar-refractivity contribution >= 4 is 23.1 Å². The molecule has 1 aliphatic carbocycles. The Balaban J connectivity index is 0.000000429. The quantitative estimate of drug-likeness (QED) is 0.458. The number of rotatable bonds is 6. The minimum atomic E-state index is -5.08. The lowest BCUT2D eigenvalue weighted by molar-refractivity contribution is -0.192. The first-order valence-corrected chi connectivity index (χ1v) is 11.1. The number of halogens is 3. The summed E-state index contributed by atoms with van der Waals surface area (Å²) in [5, 5.41) is 15.0. The molecule has 4 rings (SSSR count). The van der Waals surface area contributed by atoms with Crippen molar-refractivity contribution in [1.82, 2.24) is 14.6 Å². The normalized spacial score (nSPS) is 17.9. The highest BCUT2D eigenvalue weighted by Gasteiger charge is 2.38. The molecule has 0 saturated heterocycles. The van der Waals surface area contributed by atoms with Gasteiger partial charge in [0.1, 0.15) is 17.7 Å². The van der Waals surface area contributed by atoms with Gasteiger partial charge in [-0.2, -0.15) is 27.8 Å². The van der Waals surface area contributed by atoms with Crippen LogP contribution in [0.4, 0.5) is 24.7 Å². The minimum absolute atomic E-state index is 0.162. The monoisotopic (exact) mass is 495 g/mol. The summed E-state index contributed by atoms with van der Waals surface area (Å²) in [6.45, 7) is 4.63. The van der Waals surface area contributed by atoms with E-state index in [0.717, 1.165) is 54.1 Å². The summed E-state index contributed by atoms with van der Waals surface area (Å²) in [7, 11) is 0. The Hall–Kier alpha value is -3.54. The molecule has 0 amide bonds. The Morgan fingerprint density at radius 1 is 1.20 bits per heavy atom. The lowest BCUT2D eigenvalue weighted by Gasteiger charge is -2.27. The van der Waals surface area contributed by atoms with Crippen molar-refractivity contribution in [2.75, 3.05) is 11.9 Å². The fourth-order valence-electron chi connectivity index (χ4n) is 3.57. The molecule has 2 heterocycles. The number of aliphatic carboxylic acids is 1. The van der Waals surface area contributed by atoms with Gasteiger partial charge in [0.05, 0.1) is 18.4 Å². The van der Waals surface area contributed by atoms with E-state index < -0.39 is 12.1 Å². The average molecular weight is 496 g/mol. The van der Waals surface area contributed by atoms with Crippen molar-refractivity contribution in [2.24, 2.45) is 5.73 Å². The smallest absolute Gasteiger partial charge is 0.490 e. The standard InChI is InChI=1S/C21H27N5O2.C2HF3O2/c1-3-27-17-10-6-16(7-11-17)24-20-14(2)21(25-19-12-13-23-26(19)20)28-18-8-4-15(22)5-9-18;3-2(4,5)1(6)7/h6-7,10-13,15,18,24H,3-5,8-9,22H2,1-2H3;(H,6,7). The average Bonchev–Trinajstić information content (AvgIpc) is 3.27. The third kappa shape index (κ3) is 6.98. The van der Waals surface area contributed by atoms with E-state index >= 15 is 0 Å². The number of hydrogen-bond acceptors (Lipinski definition) is 7. The fraction of sp³-hybridized carbons (Fsp3) is 0.435. The van der Waals surface area contributed by atoms with Crippen LogP contribution in [0.1, 0.15) is 38.2 Å². The van der Waals surface area contributed by atoms with Crippen LogP contribution in [0, 0.1) is 6.92 Å². The number of nitrogens with two attached hydrogens (primary N) is 1. The topological polar surface area (TPSA) is 124 Å². The summed E-state index contributed by atoms with van der Waals surface area (Å²) in [6.07, 6.45) is 0.748. The van der Waals surface area contributed by atoms with E-state index in [1.165, 1.54) is 0 Å². The van der Waals surface area contributed by atoms with Crippen LogP contribution in [0.3, 0.4) is 0 Å². The molecule has 1 fully saturated rings. The molecule has 0 radical (unpaired) electrons. The molecule has 4 N–H and O–H groups in total. The summed E-state index contributed by atoms with van der Waals surface area (Å²) in [4.78, 5) is 13.6. The van der Waals surface area contributed by atoms with Crippen LogP contribution in [0.15, 0.2) is 36.5 Å². The number of aromatic nitrogens is 3. The van der Waals surface area contributed by atoms with Gasteiger partial charge in [-0.3, -0.25) is 0 Å². The molecule has 3 aromatic rings. The van der Waals surface area contributed by atoms with Crippen molar-refractivity contribution in [2.45, 2.75) is 57.9 Å². The SMILES string of the molecule is CCOc1ccc(Nc2c(C)c(OC3CCC(N)CC3)nc3ccnn23)cc1.O=C(O)C(F)(F)F. The number of fused-ring (bicyclic) bond motifs is 1. The molecular weight excluding hydrogens is 467 g/mol. The molecule has 1 saturated carbocycles. The third-order valence-corrected chi connectivity index (χ3v) is 5.39. The molecule has 35 heavy (non-hydrogen) atoms. The van der Waals surface area contributed by atoms with Crippen LogP contribution in [-0.4, -0.2) is 50.6 Å². The number of benzene rings is 1. The largest absolute Gasteiger partial charge is 0.494 e. The summed E-state index contributed by atoms with van der Waals surface area (Å²) in [6, 6.07) is 10.1. The number of hydrogen-bond donors (Lipinski definition) is 3. The Morgan fingerprint density at radius 3 is 2.40 bits per heavy atom. The van der Waals surface area contributed by atoms with Gasteiger partial charge in [0, 0.05) is 17.8 Å². The zero-order valence-corrected chi connectivity index (χ0v) is 19.4. The van der Waals surface area contributed by atoms with Crippen molar-refractivity contribution in [1.29, 1.82) is 0 Å². The van der Waals surface area contributed by atoms with Crippen LogP contribution in [0.25, 0.3) is 5.65 Å². The van der Waals surface area contributed by atoms with Gasteiger partial charge >= 0.3 is 12.1 Å². The van der Waals surface area contributed by atoms with Crippen LogP contribution in [-0.2, 0) is 4.79 Å². The third-order valence-electron chi connectivity index (χ3n) is 5.39. The highest BCUT2D eigenvalue weighted by Crippen LogP contribution is 2.31. The number of carboxylic acids is 1. The summed E-state index contributed by atoms with van der Waals surface area (Å²) in [5.74, 6) is -0.403. The Bertz CT molecular complexity index is 1130. The molecule has 0 unspecified atom stereocenters. The molecule has 0 spiro atoms. The molecule has 190 valence electrons. The number of anilines is 2. The van der Waals surface area contributed by atoms with Gasteiger partial charge in [-0.25, -0.2) is 4.79 Å². The number of carboxylic acid groups (broad SMARTS) is 1. The van der Waals surface area contributed by atoms with Crippen LogP contribution in [0.2, 0.25) is 0 Å². The van der Waals surface area contributed by atoms with Crippen molar-refractivity contribution in [3.05, 3.63) is 42.1 Å². The molecule has 1 aromatic carbocycles. The highest BCUT2D eigenvalue weighted by atomic mass is 19.4. The van der Waals surface area contributed by atoms with E-state index in [2.05, 4.69) is 15.4 Å². The first-order valence-electron chi connectivity index (χ1n) is 11.1. The highest BCUT2D eigenvalue weighted by molar-refractivity contribution is 5.73. The molecular formula is C23H28F3N5O4. The second-order valence-corrected chi connectivity index (χ2v) is 8.03. The van der Waals surface area contributed by atoms with E-state index in [-0.39, 0.29) is 6.10 Å². The summed E-state index contributed by atoms with van der Waals surface area (Å²) < 4.78 is 45.3. The van der Waals surface area contributed by atoms with Crippen molar-refractivity contribution in [3.8, 4) is 11.6 Å². The van der Waals surface area contributed by atoms with Crippen molar-refractivity contribution < 1.29 is 32.5 Å². The molecule has 0 bridgehead atoms. The van der Waals surface area contributed by atoms with Gasteiger partial charge in [0.2, 0.25) is 5.88 Å². The first kappa shape index (κ1) is 26.1. The van der Waals surface area contributed by atoms with E-state index in [9.17, 15) is 13.2 Å². The number of nitrogens with zero attached hydrogens (tertiary/aromatic N) is 3. The maximum Gasteiger partial charge on any atom is 0.490 e. The molecule has 1 aliphatic rings. The van der Waals surface area contributed by atoms with Crippen LogP contribution >= 0.6 is 0 Å². The number of nitrogens with one attached hydrogen (secondary N) is 1. The molecule has 2 aromatic heterocycles. The summed E-state index contributed by atoms with van der Waals surface area (Å²) >= 11 is 0. The molecule has 0 aliphatic heterocycles. The van der Waals surface area contributed by atoms with Crippen molar-refractivity contribution in [3.63, 3.8) is 0 Å². The van der Waals surface area contributed by atoms with E-state index in [1.807, 2.05) is 44.2 Å². The van der Waals surface area contributed by atoms with E-state index in [4.69, 9.17) is 25.1 Å². The lowest BCUT2D eigenvalue weighted by Crippen LogP contribution is -2.32. The van der Waals surface area contributed by atoms with Gasteiger partial charge in [0.15, 0.2) is 5.65 Å². The molecule has 12 heteroatoms. The van der Waals surface area contributed by atoms with Gasteiger partial charge in [-0.1, -0.05) is 0 Å². The summed E-state index contributed by atoms with van der Waals surface area (Å²) in [5.41, 5.74) is 8.65. The molecule has 0 atom stereocenters. The van der Waals surface area contributed by atoms with Gasteiger partial charge in [0.25, 0.3) is 0 Å². The second kappa shape index (κ2) is 11.3. The second-order valence-electron chi connectivity index (χ2n) is 8.03. The minimum Gasteiger partial charge on any atom is -0.494 e. The van der Waals surface area contributed by atoms with E-state index in [0.29, 0.717) is 18.5 Å². The number of ether oxygens (including phenoxy) is 2. The fourth-order valence-corrected chi connectivity index (χ4v) is 3.57. The number of carbonyl (C=O) groups is 1. The maximum absolute atomic E-state index is 10.6. The van der Waals surface area contributed by atoms with Gasteiger partial charge in [-0.15, -0.1) is 0 Å². The predicted octanol–water partition coefficient (Wildman–Crippen LogP) is 4.46. The zero-order valence-electron chi connectivity index (χ0n) is 19.4. The zero-order chi connectivity index (χ0) is 25.6. The lowest BCUT2D eigenvalue weighted by atomic mass is 9.94. The Kier molecular flexibility index (Phi) is 8.39. The van der Waals surface area contributed by atoms with E-state index in [1.54, 1.807) is 10.7 Å². The van der Waals surface area contributed by atoms with Crippen LogP contribution in [0.5, 0.6) is 11.6 Å².